The van der Waals surface area contributed by atoms with E-state index in [0.717, 1.165) is 16.7 Å². The van der Waals surface area contributed by atoms with Crippen LogP contribution in [0.1, 0.15) is 5.56 Å². The molecule has 0 aliphatic carbocycles. The third kappa shape index (κ3) is 6.54. The summed E-state index contributed by atoms with van der Waals surface area (Å²) in [5.74, 6) is 0. The van der Waals surface area contributed by atoms with Gasteiger partial charge in [0.25, 0.3) is 0 Å². The van der Waals surface area contributed by atoms with E-state index in [4.69, 9.17) is 6.58 Å². The Balaban J connectivity index is 0. The van der Waals surface area contributed by atoms with Crippen LogP contribution < -0.4 is 51.4 Å². The van der Waals surface area contributed by atoms with Crippen molar-refractivity contribution in [1.82, 2.24) is 0 Å². The van der Waals surface area contributed by atoms with Crippen LogP contribution in [0, 0.1) is 18.7 Å². The molecule has 0 heterocycles. The fourth-order valence-corrected chi connectivity index (χ4v) is 1.31. The van der Waals surface area contributed by atoms with Gasteiger partial charge in [-0.15, -0.1) is 0 Å². The average molecular weight is 343 g/mol. The van der Waals surface area contributed by atoms with Crippen molar-refractivity contribution in [1.29, 1.82) is 0 Å². The van der Waals surface area contributed by atoms with Gasteiger partial charge >= 0.3 is 145 Å². The van der Waals surface area contributed by atoms with Gasteiger partial charge in [-0.1, -0.05) is 0 Å². The van der Waals surface area contributed by atoms with Crippen LogP contribution in [0.2, 0.25) is 0 Å². The molecule has 1 aromatic carbocycles. The smallest absolute Gasteiger partial charge is 0 e. The Bertz CT molecular complexity index is 382. The molecule has 16 heavy (non-hydrogen) atoms. The molecule has 3 heteroatoms. The van der Waals surface area contributed by atoms with Crippen LogP contribution in [0.3, 0.4) is 0 Å². The van der Waals surface area contributed by atoms with Crippen LogP contribution in [0.5, 0.6) is 0 Å². The average Bonchev–Trinajstić information content (AvgIpc) is 2.26. The maximum atomic E-state index is 5.32. The molecule has 1 aromatic rings. The first-order valence-electron chi connectivity index (χ1n) is 4.02. The van der Waals surface area contributed by atoms with Crippen molar-refractivity contribution in [2.75, 3.05) is 0 Å². The Hall–Kier alpha value is 1.63. The largest absolute Gasteiger partial charge is 1.00 e. The minimum atomic E-state index is 0. The first kappa shape index (κ1) is 20.0. The van der Waals surface area contributed by atoms with Gasteiger partial charge in [0.05, 0.1) is 0 Å². The number of allylic oxidation sites excluding steroid dienone is 4. The van der Waals surface area contributed by atoms with Crippen molar-refractivity contribution in [3.63, 3.8) is 0 Å². The van der Waals surface area contributed by atoms with Crippen molar-refractivity contribution in [2.45, 2.75) is 0 Å². The molecule has 0 atom stereocenters. The van der Waals surface area contributed by atoms with Crippen molar-refractivity contribution >= 4 is 10.3 Å². The second kappa shape index (κ2) is 11.7. The molecule has 0 saturated carbocycles. The summed E-state index contributed by atoms with van der Waals surface area (Å²) in [6, 6.07) is 11.4. The molecule has 0 aliphatic heterocycles. The van der Waals surface area contributed by atoms with Gasteiger partial charge in [0.1, 0.15) is 0 Å². The van der Waals surface area contributed by atoms with Crippen molar-refractivity contribution < 1.29 is 101 Å². The van der Waals surface area contributed by atoms with Gasteiger partial charge in [0, 0.05) is 32.7 Å². The first-order chi connectivity index (χ1) is 6.79. The first-order valence-corrected chi connectivity index (χ1v) is 4.72. The normalized spacial score (nSPS) is 9.31. The third-order valence-corrected chi connectivity index (χ3v) is 2.07. The standard InChI is InChI=1S/C13H8.K.V.Y/c1-4-8-11(2)12(3)13-9-6-5-7-10-13;;;/h1,4,6-9H,3H2;;;/q-4;+1;;. The third-order valence-electron chi connectivity index (χ3n) is 1.69. The number of hydrogen-bond donors (Lipinski definition) is 0. The Morgan fingerprint density at radius 3 is 2.69 bits per heavy atom. The molecule has 0 nitrogen and oxygen atoms in total. The topological polar surface area (TPSA) is 0 Å². The SMILES string of the molecule is [CH-]=CC=C([C-]=[V])C(=C)c1[c-]c[c-]cc1.[K+].[Y]. The van der Waals surface area contributed by atoms with Crippen LogP contribution in [0.4, 0.5) is 0 Å². The molecule has 0 unspecified atom stereocenters. The van der Waals surface area contributed by atoms with Gasteiger partial charge in [-0.3, -0.25) is 0 Å². The summed E-state index contributed by atoms with van der Waals surface area (Å²) in [6.07, 6.45) is 3.22. The molecular weight excluding hydrogens is 335 g/mol. The molecule has 0 spiro atoms. The Morgan fingerprint density at radius 1 is 1.56 bits per heavy atom. The molecule has 0 bridgehead atoms. The molecular formula is C13H8KVY-3. The molecule has 1 rings (SSSR count). The summed E-state index contributed by atoms with van der Waals surface area (Å²) < 4.78 is 2.96. The fraction of sp³-hybridized carbons (Fsp3) is 0. The summed E-state index contributed by atoms with van der Waals surface area (Å²) in [5, 5.41) is 0. The zero-order chi connectivity index (χ0) is 10.4. The second-order valence-electron chi connectivity index (χ2n) is 2.57. The number of benzene rings is 1. The minimum Gasteiger partial charge on any atom is 0 e. The maximum Gasteiger partial charge on any atom is 1.00 e. The van der Waals surface area contributed by atoms with Crippen LogP contribution >= 0.6 is 0 Å². The van der Waals surface area contributed by atoms with Gasteiger partial charge in [-0.2, -0.15) is 0 Å². The number of rotatable bonds is 4. The van der Waals surface area contributed by atoms with E-state index in [-0.39, 0.29) is 84.1 Å². The zero-order valence-corrected chi connectivity index (χ0v) is 16.6. The molecule has 72 valence electrons. The molecule has 0 saturated heterocycles. The summed E-state index contributed by atoms with van der Waals surface area (Å²) in [5.41, 5.74) is 2.63. The predicted octanol–water partition coefficient (Wildman–Crippen LogP) is -0.557. The summed E-state index contributed by atoms with van der Waals surface area (Å²) in [7, 11) is 0. The second-order valence-corrected chi connectivity index (χ2v) is 2.91. The van der Waals surface area contributed by atoms with Crippen molar-refractivity contribution in [2.24, 2.45) is 0 Å². The summed E-state index contributed by atoms with van der Waals surface area (Å²) in [6.45, 7) is 9.27. The van der Waals surface area contributed by atoms with E-state index < -0.39 is 0 Å². The summed E-state index contributed by atoms with van der Waals surface area (Å²) in [4.78, 5) is 0. The van der Waals surface area contributed by atoms with Crippen LogP contribution in [0.25, 0.3) is 5.57 Å². The molecule has 0 N–H and O–H groups in total. The quantitative estimate of drug-likeness (QED) is 0.391. The van der Waals surface area contributed by atoms with E-state index in [0.29, 0.717) is 0 Å². The van der Waals surface area contributed by atoms with Gasteiger partial charge in [-0.05, 0) is 0 Å². The van der Waals surface area contributed by atoms with Gasteiger partial charge in [-0.25, -0.2) is 0 Å². The molecule has 1 radical (unpaired) electrons. The van der Waals surface area contributed by atoms with Gasteiger partial charge < -0.3 is 0 Å². The molecule has 0 amide bonds. The Labute approximate surface area is 174 Å². The van der Waals surface area contributed by atoms with E-state index in [2.05, 4.69) is 40.4 Å². The van der Waals surface area contributed by atoms with Gasteiger partial charge in [0.15, 0.2) is 0 Å². The zero-order valence-electron chi connectivity index (χ0n) is 9.20. The Kier molecular flexibility index (Phi) is 14.6. The van der Waals surface area contributed by atoms with E-state index in [1.54, 1.807) is 12.1 Å². The molecule has 0 aromatic heterocycles. The van der Waals surface area contributed by atoms with E-state index >= 15 is 0 Å². The van der Waals surface area contributed by atoms with Crippen molar-refractivity contribution in [3.8, 4) is 0 Å². The van der Waals surface area contributed by atoms with Crippen LogP contribution in [0.15, 0.2) is 42.5 Å². The van der Waals surface area contributed by atoms with E-state index in [9.17, 15) is 0 Å². The Morgan fingerprint density at radius 2 is 2.25 bits per heavy atom. The predicted molar refractivity (Wildman–Crippen MR) is 55.1 cm³/mol. The minimum absolute atomic E-state index is 0. The summed E-state index contributed by atoms with van der Waals surface area (Å²) >= 11 is 2.27. The fourth-order valence-electron chi connectivity index (χ4n) is 0.981. The van der Waals surface area contributed by atoms with Gasteiger partial charge in [0.2, 0.25) is 0 Å². The maximum absolute atomic E-state index is 5.32. The molecule has 0 aliphatic rings. The van der Waals surface area contributed by atoms with E-state index in [1.165, 1.54) is 6.08 Å². The van der Waals surface area contributed by atoms with E-state index in [1.807, 2.05) is 12.1 Å². The monoisotopic (exact) mass is 343 g/mol. The number of hydrogen-bond acceptors (Lipinski definition) is 0. The molecule has 0 fully saturated rings. The van der Waals surface area contributed by atoms with Crippen LogP contribution in [-0.4, -0.2) is 4.73 Å². The van der Waals surface area contributed by atoms with Crippen LogP contribution in [-0.2, 0) is 49.7 Å². The van der Waals surface area contributed by atoms with Crippen molar-refractivity contribution in [3.05, 3.63) is 66.8 Å².